The van der Waals surface area contributed by atoms with Crippen molar-refractivity contribution in [3.05, 3.63) is 87.7 Å². The number of benzene rings is 2. The van der Waals surface area contributed by atoms with Crippen molar-refractivity contribution in [3.8, 4) is 11.8 Å². The largest absolute Gasteiger partial charge is 0.416 e. The van der Waals surface area contributed by atoms with Crippen LogP contribution in [0.3, 0.4) is 0 Å². The molecule has 0 spiro atoms. The van der Waals surface area contributed by atoms with E-state index in [1.165, 1.54) is 18.2 Å². The molecule has 0 radical (unpaired) electrons. The SMILES string of the molecule is Cc1cc(/C=C(\C#N)C(=O)Nc2cccc(C(F)(F)F)c2)c(C)n1-c1ccc(Cl)cc1. The van der Waals surface area contributed by atoms with Crippen molar-refractivity contribution in [2.24, 2.45) is 0 Å². The summed E-state index contributed by atoms with van der Waals surface area (Å²) in [4.78, 5) is 12.5. The van der Waals surface area contributed by atoms with Gasteiger partial charge in [0.05, 0.1) is 5.56 Å². The lowest BCUT2D eigenvalue weighted by Gasteiger charge is -2.10. The number of hydrogen-bond donors (Lipinski definition) is 1. The molecule has 3 aromatic rings. The molecule has 31 heavy (non-hydrogen) atoms. The highest BCUT2D eigenvalue weighted by molar-refractivity contribution is 6.30. The van der Waals surface area contributed by atoms with Crippen LogP contribution < -0.4 is 5.32 Å². The number of rotatable bonds is 4. The maximum atomic E-state index is 12.9. The van der Waals surface area contributed by atoms with Gasteiger partial charge in [-0.25, -0.2) is 0 Å². The van der Waals surface area contributed by atoms with E-state index in [4.69, 9.17) is 11.6 Å². The van der Waals surface area contributed by atoms with Gasteiger partial charge in [0.2, 0.25) is 0 Å². The van der Waals surface area contributed by atoms with E-state index in [1.54, 1.807) is 12.1 Å². The molecule has 3 rings (SSSR count). The van der Waals surface area contributed by atoms with Crippen LogP contribution in [0.5, 0.6) is 0 Å². The second-order valence-corrected chi connectivity index (χ2v) is 7.28. The smallest absolute Gasteiger partial charge is 0.321 e. The maximum absolute atomic E-state index is 12.9. The number of alkyl halides is 3. The van der Waals surface area contributed by atoms with E-state index in [-0.39, 0.29) is 11.3 Å². The molecule has 0 saturated heterocycles. The lowest BCUT2D eigenvalue weighted by atomic mass is 10.1. The Morgan fingerprint density at radius 1 is 1.13 bits per heavy atom. The van der Waals surface area contributed by atoms with E-state index in [1.807, 2.05) is 42.7 Å². The molecular formula is C23H17ClF3N3O. The van der Waals surface area contributed by atoms with Gasteiger partial charge >= 0.3 is 6.18 Å². The number of nitrogens with one attached hydrogen (secondary N) is 1. The molecule has 158 valence electrons. The monoisotopic (exact) mass is 443 g/mol. The lowest BCUT2D eigenvalue weighted by Crippen LogP contribution is -2.14. The van der Waals surface area contributed by atoms with Crippen LogP contribution in [0, 0.1) is 25.2 Å². The van der Waals surface area contributed by atoms with Crippen LogP contribution in [0.25, 0.3) is 11.8 Å². The van der Waals surface area contributed by atoms with Gasteiger partial charge in [0.25, 0.3) is 5.91 Å². The fourth-order valence-electron chi connectivity index (χ4n) is 3.20. The lowest BCUT2D eigenvalue weighted by molar-refractivity contribution is -0.137. The molecule has 0 aliphatic rings. The normalized spacial score (nSPS) is 11.8. The minimum absolute atomic E-state index is 0.0485. The Hall–Kier alpha value is -3.50. The van der Waals surface area contributed by atoms with Gasteiger partial charge in [0.15, 0.2) is 0 Å². The van der Waals surface area contributed by atoms with Crippen molar-refractivity contribution in [1.29, 1.82) is 5.26 Å². The van der Waals surface area contributed by atoms with Crippen molar-refractivity contribution in [2.75, 3.05) is 5.32 Å². The first-order chi connectivity index (χ1) is 14.6. The summed E-state index contributed by atoms with van der Waals surface area (Å²) < 4.78 is 40.6. The summed E-state index contributed by atoms with van der Waals surface area (Å²) in [6.45, 7) is 3.72. The van der Waals surface area contributed by atoms with E-state index in [2.05, 4.69) is 5.32 Å². The Kier molecular flexibility index (Phi) is 6.23. The van der Waals surface area contributed by atoms with Crippen molar-refractivity contribution in [1.82, 2.24) is 4.57 Å². The maximum Gasteiger partial charge on any atom is 0.416 e. The Morgan fingerprint density at radius 2 is 1.81 bits per heavy atom. The molecular weight excluding hydrogens is 427 g/mol. The third kappa shape index (κ3) is 4.98. The molecule has 0 aliphatic carbocycles. The number of hydrogen-bond acceptors (Lipinski definition) is 2. The van der Waals surface area contributed by atoms with Crippen LogP contribution >= 0.6 is 11.6 Å². The highest BCUT2D eigenvalue weighted by Crippen LogP contribution is 2.31. The van der Waals surface area contributed by atoms with Crippen molar-refractivity contribution >= 4 is 29.3 Å². The predicted molar refractivity (Wildman–Crippen MR) is 114 cm³/mol. The van der Waals surface area contributed by atoms with Crippen molar-refractivity contribution in [3.63, 3.8) is 0 Å². The second-order valence-electron chi connectivity index (χ2n) is 6.84. The number of carbonyl (C=O) groups is 1. The number of amides is 1. The number of anilines is 1. The zero-order chi connectivity index (χ0) is 22.8. The predicted octanol–water partition coefficient (Wildman–Crippen LogP) is 6.31. The zero-order valence-electron chi connectivity index (χ0n) is 16.6. The Balaban J connectivity index is 1.90. The van der Waals surface area contributed by atoms with E-state index in [0.717, 1.165) is 29.2 Å². The van der Waals surface area contributed by atoms with Gasteiger partial charge in [-0.3, -0.25) is 4.79 Å². The van der Waals surface area contributed by atoms with E-state index >= 15 is 0 Å². The average Bonchev–Trinajstić information content (AvgIpc) is 2.99. The molecule has 1 heterocycles. The number of nitrogens with zero attached hydrogens (tertiary/aromatic N) is 2. The number of carbonyl (C=O) groups excluding carboxylic acids is 1. The second kappa shape index (κ2) is 8.70. The molecule has 1 aromatic heterocycles. The Bertz CT molecular complexity index is 1200. The molecule has 1 N–H and O–H groups in total. The fourth-order valence-corrected chi connectivity index (χ4v) is 3.32. The molecule has 1 amide bonds. The number of halogens is 4. The van der Waals surface area contributed by atoms with Crippen molar-refractivity contribution in [2.45, 2.75) is 20.0 Å². The summed E-state index contributed by atoms with van der Waals surface area (Å²) in [5.74, 6) is -0.793. The van der Waals surface area contributed by atoms with Crippen LogP contribution in [-0.4, -0.2) is 10.5 Å². The van der Waals surface area contributed by atoms with Crippen LogP contribution in [0.1, 0.15) is 22.5 Å². The number of aryl methyl sites for hydroxylation is 1. The summed E-state index contributed by atoms with van der Waals surface area (Å²) in [5.41, 5.74) is 2.01. The Labute approximate surface area is 182 Å². The van der Waals surface area contributed by atoms with Gasteiger partial charge < -0.3 is 9.88 Å². The zero-order valence-corrected chi connectivity index (χ0v) is 17.3. The van der Waals surface area contributed by atoms with Crippen LogP contribution in [0.4, 0.5) is 18.9 Å². The molecule has 0 aliphatic heterocycles. The molecule has 2 aromatic carbocycles. The average molecular weight is 444 g/mol. The highest BCUT2D eigenvalue weighted by atomic mass is 35.5. The molecule has 0 unspecified atom stereocenters. The first-order valence-corrected chi connectivity index (χ1v) is 9.53. The van der Waals surface area contributed by atoms with E-state index in [9.17, 15) is 23.2 Å². The van der Waals surface area contributed by atoms with Gasteiger partial charge in [0.1, 0.15) is 11.6 Å². The molecule has 4 nitrogen and oxygen atoms in total. The number of aromatic nitrogens is 1. The third-order valence-electron chi connectivity index (χ3n) is 4.67. The first kappa shape index (κ1) is 22.2. The van der Waals surface area contributed by atoms with Crippen molar-refractivity contribution < 1.29 is 18.0 Å². The molecule has 0 fully saturated rings. The minimum atomic E-state index is -4.53. The molecule has 0 saturated carbocycles. The number of nitriles is 1. The van der Waals surface area contributed by atoms with Gasteiger partial charge in [-0.1, -0.05) is 17.7 Å². The summed E-state index contributed by atoms with van der Waals surface area (Å²) in [6, 6.07) is 15.1. The summed E-state index contributed by atoms with van der Waals surface area (Å²) in [7, 11) is 0. The quantitative estimate of drug-likeness (QED) is 0.379. The molecule has 0 bridgehead atoms. The topological polar surface area (TPSA) is 57.8 Å². The van der Waals surface area contributed by atoms with E-state index < -0.39 is 17.6 Å². The summed E-state index contributed by atoms with van der Waals surface area (Å²) in [6.07, 6.45) is -3.12. The van der Waals surface area contributed by atoms with Crippen LogP contribution in [0.2, 0.25) is 5.02 Å². The van der Waals surface area contributed by atoms with Crippen LogP contribution in [-0.2, 0) is 11.0 Å². The standard InChI is InChI=1S/C23H17ClF3N3O/c1-14-10-16(15(2)30(14)21-8-6-19(24)7-9-21)11-17(13-28)22(31)29-20-5-3-4-18(12-20)23(25,26)27/h3-12H,1-2H3,(H,29,31)/b17-11+. The van der Waals surface area contributed by atoms with Gasteiger partial charge in [-0.15, -0.1) is 0 Å². The summed E-state index contributed by atoms with van der Waals surface area (Å²) in [5, 5.41) is 12.4. The molecule has 0 atom stereocenters. The van der Waals surface area contributed by atoms with Gasteiger partial charge in [-0.05, 0) is 74.0 Å². The van der Waals surface area contributed by atoms with E-state index in [0.29, 0.717) is 10.6 Å². The minimum Gasteiger partial charge on any atom is -0.321 e. The van der Waals surface area contributed by atoms with Gasteiger partial charge in [0, 0.05) is 27.8 Å². The summed E-state index contributed by atoms with van der Waals surface area (Å²) >= 11 is 5.95. The third-order valence-corrected chi connectivity index (χ3v) is 4.92. The highest BCUT2D eigenvalue weighted by Gasteiger charge is 2.30. The van der Waals surface area contributed by atoms with Crippen LogP contribution in [0.15, 0.2) is 60.2 Å². The first-order valence-electron chi connectivity index (χ1n) is 9.15. The molecule has 8 heteroatoms. The van der Waals surface area contributed by atoms with Gasteiger partial charge in [-0.2, -0.15) is 18.4 Å². The fraction of sp³-hybridized carbons (Fsp3) is 0.130. The Morgan fingerprint density at radius 3 is 2.42 bits per heavy atom.